The Morgan fingerprint density at radius 1 is 1.18 bits per heavy atom. The van der Waals surface area contributed by atoms with Crippen LogP contribution < -0.4 is 5.32 Å². The minimum absolute atomic E-state index is 0.0791. The molecule has 1 aromatic rings. The Kier molecular flexibility index (Phi) is 4.18. The van der Waals surface area contributed by atoms with Crippen molar-refractivity contribution in [3.05, 3.63) is 35.4 Å². The fourth-order valence-electron chi connectivity index (χ4n) is 2.62. The monoisotopic (exact) mass is 231 g/mol. The molecule has 2 rings (SSSR count). The first kappa shape index (κ1) is 12.2. The van der Waals surface area contributed by atoms with Crippen molar-refractivity contribution < 1.29 is 4.79 Å². The molecular weight excluding hydrogens is 210 g/mol. The van der Waals surface area contributed by atoms with Crippen LogP contribution in [0.15, 0.2) is 24.3 Å². The van der Waals surface area contributed by atoms with E-state index in [1.54, 1.807) is 7.05 Å². The van der Waals surface area contributed by atoms with Crippen molar-refractivity contribution in [3.8, 4) is 0 Å². The topological polar surface area (TPSA) is 29.1 Å². The van der Waals surface area contributed by atoms with E-state index in [0.717, 1.165) is 11.5 Å². The Bertz CT molecular complexity index is 363. The summed E-state index contributed by atoms with van der Waals surface area (Å²) in [5.74, 6) is 0.827. The van der Waals surface area contributed by atoms with Gasteiger partial charge >= 0.3 is 0 Å². The maximum atomic E-state index is 11.3. The van der Waals surface area contributed by atoms with Gasteiger partial charge in [-0.25, -0.2) is 0 Å². The third-order valence-electron chi connectivity index (χ3n) is 3.70. The lowest BCUT2D eigenvalue weighted by Gasteiger charge is -2.22. The van der Waals surface area contributed by atoms with Crippen LogP contribution in [0.3, 0.4) is 0 Å². The van der Waals surface area contributed by atoms with Crippen LogP contribution in [0.25, 0.3) is 0 Å². The predicted octanol–water partition coefficient (Wildman–Crippen LogP) is 3.02. The van der Waals surface area contributed by atoms with Crippen LogP contribution >= 0.6 is 0 Å². The Hall–Kier alpha value is -1.31. The van der Waals surface area contributed by atoms with Crippen LogP contribution in [0.1, 0.15) is 49.1 Å². The van der Waals surface area contributed by atoms with Gasteiger partial charge in [-0.1, -0.05) is 43.5 Å². The first-order valence-corrected chi connectivity index (χ1v) is 6.59. The average molecular weight is 231 g/mol. The third-order valence-corrected chi connectivity index (χ3v) is 3.70. The molecule has 1 aliphatic carbocycles. The highest BCUT2D eigenvalue weighted by Crippen LogP contribution is 2.32. The van der Waals surface area contributed by atoms with Gasteiger partial charge in [-0.2, -0.15) is 0 Å². The number of nitrogens with one attached hydrogen (secondary N) is 1. The van der Waals surface area contributed by atoms with Crippen molar-refractivity contribution >= 4 is 5.91 Å². The zero-order valence-corrected chi connectivity index (χ0v) is 10.5. The molecule has 0 heterocycles. The summed E-state index contributed by atoms with van der Waals surface area (Å²) in [7, 11) is 1.68. The van der Waals surface area contributed by atoms with E-state index in [1.807, 2.05) is 0 Å². The van der Waals surface area contributed by atoms with Gasteiger partial charge in [0.2, 0.25) is 5.91 Å². The molecule has 92 valence electrons. The molecule has 1 fully saturated rings. The molecule has 0 unspecified atom stereocenters. The normalized spacial score (nSPS) is 16.8. The van der Waals surface area contributed by atoms with Gasteiger partial charge < -0.3 is 5.32 Å². The SMILES string of the molecule is CNC(=O)Cc1ccc(C2CCCCC2)cc1. The van der Waals surface area contributed by atoms with Gasteiger partial charge in [0, 0.05) is 7.05 Å². The van der Waals surface area contributed by atoms with Crippen molar-refractivity contribution in [2.75, 3.05) is 7.05 Å². The van der Waals surface area contributed by atoms with Crippen LogP contribution in [0.4, 0.5) is 0 Å². The highest BCUT2D eigenvalue weighted by Gasteiger charge is 2.15. The molecule has 1 amide bonds. The molecule has 1 aromatic carbocycles. The lowest BCUT2D eigenvalue weighted by Crippen LogP contribution is -2.19. The Morgan fingerprint density at radius 2 is 1.82 bits per heavy atom. The summed E-state index contributed by atoms with van der Waals surface area (Å²) in [4.78, 5) is 11.3. The summed E-state index contributed by atoms with van der Waals surface area (Å²) in [6, 6.07) is 8.60. The van der Waals surface area contributed by atoms with Crippen molar-refractivity contribution in [3.63, 3.8) is 0 Å². The maximum Gasteiger partial charge on any atom is 0.224 e. The van der Waals surface area contributed by atoms with E-state index in [2.05, 4.69) is 29.6 Å². The molecule has 1 saturated carbocycles. The second-order valence-electron chi connectivity index (χ2n) is 4.93. The molecule has 0 aliphatic heterocycles. The standard InChI is InChI=1S/C15H21NO/c1-16-15(17)11-12-7-9-14(10-8-12)13-5-3-2-4-6-13/h7-10,13H,2-6,11H2,1H3,(H,16,17). The number of likely N-dealkylation sites (N-methyl/N-ethyl adjacent to an activating group) is 1. The zero-order valence-electron chi connectivity index (χ0n) is 10.5. The first-order valence-electron chi connectivity index (χ1n) is 6.59. The van der Waals surface area contributed by atoms with Gasteiger partial charge in [0.05, 0.1) is 6.42 Å². The predicted molar refractivity (Wildman–Crippen MR) is 70.0 cm³/mol. The smallest absolute Gasteiger partial charge is 0.224 e. The Morgan fingerprint density at radius 3 is 2.41 bits per heavy atom. The quantitative estimate of drug-likeness (QED) is 0.851. The summed E-state index contributed by atoms with van der Waals surface area (Å²) in [5.41, 5.74) is 2.55. The highest BCUT2D eigenvalue weighted by molar-refractivity contribution is 5.78. The van der Waals surface area contributed by atoms with Gasteiger partial charge in [0.25, 0.3) is 0 Å². The molecule has 1 N–H and O–H groups in total. The van der Waals surface area contributed by atoms with Crippen molar-refractivity contribution in [2.24, 2.45) is 0 Å². The average Bonchev–Trinajstić information content (AvgIpc) is 2.40. The highest BCUT2D eigenvalue weighted by atomic mass is 16.1. The van der Waals surface area contributed by atoms with E-state index in [0.29, 0.717) is 6.42 Å². The molecule has 0 atom stereocenters. The number of rotatable bonds is 3. The molecule has 17 heavy (non-hydrogen) atoms. The van der Waals surface area contributed by atoms with Crippen LogP contribution in [0.5, 0.6) is 0 Å². The lowest BCUT2D eigenvalue weighted by molar-refractivity contribution is -0.119. The maximum absolute atomic E-state index is 11.3. The number of benzene rings is 1. The molecule has 0 saturated heterocycles. The van der Waals surface area contributed by atoms with E-state index >= 15 is 0 Å². The van der Waals surface area contributed by atoms with E-state index in [-0.39, 0.29) is 5.91 Å². The minimum atomic E-state index is 0.0791. The van der Waals surface area contributed by atoms with E-state index < -0.39 is 0 Å². The zero-order chi connectivity index (χ0) is 12.1. The molecule has 0 bridgehead atoms. The summed E-state index contributed by atoms with van der Waals surface area (Å²) < 4.78 is 0. The molecule has 2 heteroatoms. The van der Waals surface area contributed by atoms with Crippen LogP contribution in [-0.2, 0) is 11.2 Å². The van der Waals surface area contributed by atoms with Gasteiger partial charge in [-0.15, -0.1) is 0 Å². The summed E-state index contributed by atoms with van der Waals surface area (Å²) in [6.07, 6.45) is 7.27. The second-order valence-corrected chi connectivity index (χ2v) is 4.93. The van der Waals surface area contributed by atoms with Crippen LogP contribution in [0.2, 0.25) is 0 Å². The van der Waals surface area contributed by atoms with Crippen molar-refractivity contribution in [1.82, 2.24) is 5.32 Å². The number of hydrogen-bond donors (Lipinski definition) is 1. The summed E-state index contributed by atoms with van der Waals surface area (Å²) in [5, 5.41) is 2.65. The van der Waals surface area contributed by atoms with E-state index in [1.165, 1.54) is 37.7 Å². The van der Waals surface area contributed by atoms with Gasteiger partial charge in [-0.3, -0.25) is 4.79 Å². The Labute approximate surface area is 103 Å². The fourth-order valence-corrected chi connectivity index (χ4v) is 2.62. The van der Waals surface area contributed by atoms with Crippen molar-refractivity contribution in [1.29, 1.82) is 0 Å². The second kappa shape index (κ2) is 5.85. The number of amides is 1. The van der Waals surface area contributed by atoms with Gasteiger partial charge in [-0.05, 0) is 29.9 Å². The van der Waals surface area contributed by atoms with Crippen molar-refractivity contribution in [2.45, 2.75) is 44.4 Å². The lowest BCUT2D eigenvalue weighted by atomic mass is 9.84. The van der Waals surface area contributed by atoms with E-state index in [4.69, 9.17) is 0 Å². The first-order chi connectivity index (χ1) is 8.29. The number of carbonyl (C=O) groups is 1. The molecule has 0 spiro atoms. The fraction of sp³-hybridized carbons (Fsp3) is 0.533. The van der Waals surface area contributed by atoms with Gasteiger partial charge in [0.1, 0.15) is 0 Å². The number of hydrogen-bond acceptors (Lipinski definition) is 1. The van der Waals surface area contributed by atoms with Crippen LogP contribution in [0, 0.1) is 0 Å². The molecule has 0 radical (unpaired) electrons. The summed E-state index contributed by atoms with van der Waals surface area (Å²) in [6.45, 7) is 0. The largest absolute Gasteiger partial charge is 0.359 e. The molecule has 2 nitrogen and oxygen atoms in total. The third kappa shape index (κ3) is 3.32. The van der Waals surface area contributed by atoms with E-state index in [9.17, 15) is 4.79 Å². The molecular formula is C15H21NO. The Balaban J connectivity index is 1.99. The summed E-state index contributed by atoms with van der Waals surface area (Å²) >= 11 is 0. The van der Waals surface area contributed by atoms with Crippen LogP contribution in [-0.4, -0.2) is 13.0 Å². The van der Waals surface area contributed by atoms with Gasteiger partial charge in [0.15, 0.2) is 0 Å². The number of carbonyl (C=O) groups excluding carboxylic acids is 1. The molecule has 1 aliphatic rings. The molecule has 0 aromatic heterocycles. The minimum Gasteiger partial charge on any atom is -0.359 e.